The van der Waals surface area contributed by atoms with E-state index < -0.39 is 0 Å². The summed E-state index contributed by atoms with van der Waals surface area (Å²) in [6.07, 6.45) is 0. The van der Waals surface area contributed by atoms with E-state index in [1.54, 1.807) is 7.11 Å². The number of hydrogen-bond donors (Lipinski definition) is 1. The summed E-state index contributed by atoms with van der Waals surface area (Å²) < 4.78 is 11.6. The van der Waals surface area contributed by atoms with E-state index in [0.29, 0.717) is 5.88 Å². The number of ether oxygens (including phenoxy) is 1. The zero-order valence-corrected chi connectivity index (χ0v) is 13.5. The van der Waals surface area contributed by atoms with E-state index in [0.717, 1.165) is 31.7 Å². The maximum Gasteiger partial charge on any atom is 0.230 e. The molecule has 0 aliphatic carbocycles. The predicted octanol–water partition coefficient (Wildman–Crippen LogP) is 4.20. The number of nitrogens with two attached hydrogens (primary N) is 1. The van der Waals surface area contributed by atoms with E-state index in [-0.39, 0.29) is 0 Å². The van der Waals surface area contributed by atoms with Gasteiger partial charge in [-0.3, -0.25) is 0 Å². The summed E-state index contributed by atoms with van der Waals surface area (Å²) in [4.78, 5) is 0. The Morgan fingerprint density at radius 3 is 2.71 bits per heavy atom. The fourth-order valence-electron chi connectivity index (χ4n) is 2.20. The second-order valence-electron chi connectivity index (χ2n) is 4.48. The van der Waals surface area contributed by atoms with Crippen LogP contribution in [0.25, 0.3) is 22.4 Å². The predicted molar refractivity (Wildman–Crippen MR) is 91.1 cm³/mol. The lowest BCUT2D eigenvalue weighted by molar-refractivity contribution is 0.415. The Bertz CT molecular complexity index is 783. The number of methoxy groups -OCH3 is 1. The average Bonchev–Trinajstić information content (AvgIpc) is 2.89. The molecule has 0 aliphatic rings. The highest BCUT2D eigenvalue weighted by atomic mass is 127. The minimum Gasteiger partial charge on any atom is -0.497 e. The lowest BCUT2D eigenvalue weighted by Gasteiger charge is -2.06. The first-order valence-corrected chi connectivity index (χ1v) is 7.43. The van der Waals surface area contributed by atoms with Crippen molar-refractivity contribution in [2.75, 3.05) is 12.8 Å². The smallest absolute Gasteiger partial charge is 0.230 e. The van der Waals surface area contributed by atoms with Crippen molar-refractivity contribution in [2.45, 2.75) is 0 Å². The molecule has 3 aromatic rings. The number of anilines is 1. The highest BCUT2D eigenvalue weighted by molar-refractivity contribution is 14.1. The van der Waals surface area contributed by atoms with Crippen LogP contribution in [0.1, 0.15) is 0 Å². The summed E-state index contributed by atoms with van der Waals surface area (Å²) in [7, 11) is 1.64. The maximum absolute atomic E-state index is 5.98. The second-order valence-corrected chi connectivity index (χ2v) is 5.64. The number of rotatable bonds is 3. The molecule has 2 aromatic carbocycles. The molecule has 5 heteroatoms. The highest BCUT2D eigenvalue weighted by Crippen LogP contribution is 2.38. The molecular formula is C16H13IN2O2. The first kappa shape index (κ1) is 13.9. The third-order valence-electron chi connectivity index (χ3n) is 3.21. The van der Waals surface area contributed by atoms with Crippen LogP contribution in [0.4, 0.5) is 5.88 Å². The van der Waals surface area contributed by atoms with Crippen molar-refractivity contribution in [1.29, 1.82) is 0 Å². The Hall–Kier alpha value is -2.02. The summed E-state index contributed by atoms with van der Waals surface area (Å²) in [5, 5.41) is 4.13. The van der Waals surface area contributed by atoms with Gasteiger partial charge in [-0.05, 0) is 46.4 Å². The van der Waals surface area contributed by atoms with Crippen LogP contribution in [-0.4, -0.2) is 12.3 Å². The van der Waals surface area contributed by atoms with E-state index in [9.17, 15) is 0 Å². The van der Waals surface area contributed by atoms with Crippen LogP contribution in [0.15, 0.2) is 53.1 Å². The summed E-state index contributed by atoms with van der Waals surface area (Å²) in [5.41, 5.74) is 9.43. The monoisotopic (exact) mass is 392 g/mol. The molecule has 0 amide bonds. The van der Waals surface area contributed by atoms with E-state index in [1.165, 1.54) is 0 Å². The molecule has 1 aromatic heterocycles. The zero-order chi connectivity index (χ0) is 14.8. The van der Waals surface area contributed by atoms with Gasteiger partial charge in [-0.15, -0.1) is 0 Å². The van der Waals surface area contributed by atoms with Crippen LogP contribution in [0, 0.1) is 3.57 Å². The summed E-state index contributed by atoms with van der Waals surface area (Å²) >= 11 is 2.28. The first-order chi connectivity index (χ1) is 10.2. The SMILES string of the molecule is COc1cccc(-c2c(-c3ccccc3I)noc2N)c1. The average molecular weight is 392 g/mol. The number of nitrogen functional groups attached to an aromatic ring is 1. The summed E-state index contributed by atoms with van der Waals surface area (Å²) in [6, 6.07) is 15.7. The normalized spacial score (nSPS) is 10.6. The second kappa shape index (κ2) is 5.77. The van der Waals surface area contributed by atoms with Crippen LogP contribution in [0.5, 0.6) is 5.75 Å². The van der Waals surface area contributed by atoms with Gasteiger partial charge in [-0.2, -0.15) is 0 Å². The molecule has 4 nitrogen and oxygen atoms in total. The molecule has 0 fully saturated rings. The topological polar surface area (TPSA) is 61.3 Å². The molecular weight excluding hydrogens is 379 g/mol. The van der Waals surface area contributed by atoms with Gasteiger partial charge in [-0.25, -0.2) is 0 Å². The molecule has 0 spiro atoms. The molecule has 0 radical (unpaired) electrons. The fourth-order valence-corrected chi connectivity index (χ4v) is 2.84. The van der Waals surface area contributed by atoms with Crippen LogP contribution >= 0.6 is 22.6 Å². The number of benzene rings is 2. The maximum atomic E-state index is 5.98. The van der Waals surface area contributed by atoms with E-state index in [4.69, 9.17) is 15.0 Å². The van der Waals surface area contributed by atoms with Gasteiger partial charge in [0.1, 0.15) is 11.4 Å². The van der Waals surface area contributed by atoms with Crippen LogP contribution in [-0.2, 0) is 0 Å². The van der Waals surface area contributed by atoms with Crippen molar-refractivity contribution < 1.29 is 9.26 Å². The lowest BCUT2D eigenvalue weighted by Crippen LogP contribution is -1.90. The van der Waals surface area contributed by atoms with E-state index >= 15 is 0 Å². The minimum atomic E-state index is 0.304. The molecule has 3 rings (SSSR count). The van der Waals surface area contributed by atoms with Gasteiger partial charge in [-0.1, -0.05) is 35.5 Å². The Morgan fingerprint density at radius 2 is 1.95 bits per heavy atom. The Kier molecular flexibility index (Phi) is 3.83. The van der Waals surface area contributed by atoms with Gasteiger partial charge in [0.25, 0.3) is 0 Å². The van der Waals surface area contributed by atoms with Gasteiger partial charge in [0.15, 0.2) is 0 Å². The molecule has 21 heavy (non-hydrogen) atoms. The van der Waals surface area contributed by atoms with E-state index in [2.05, 4.69) is 27.7 Å². The summed E-state index contributed by atoms with van der Waals surface area (Å²) in [5.74, 6) is 1.07. The minimum absolute atomic E-state index is 0.304. The van der Waals surface area contributed by atoms with Crippen molar-refractivity contribution in [3.63, 3.8) is 0 Å². The van der Waals surface area contributed by atoms with Crippen molar-refractivity contribution in [1.82, 2.24) is 5.16 Å². The Balaban J connectivity index is 2.20. The van der Waals surface area contributed by atoms with Crippen molar-refractivity contribution in [3.05, 3.63) is 52.1 Å². The van der Waals surface area contributed by atoms with Gasteiger partial charge in [0.2, 0.25) is 5.88 Å². The number of nitrogens with zero attached hydrogens (tertiary/aromatic N) is 1. The quantitative estimate of drug-likeness (QED) is 0.679. The number of aromatic nitrogens is 1. The van der Waals surface area contributed by atoms with Gasteiger partial charge in [0, 0.05) is 9.13 Å². The fraction of sp³-hybridized carbons (Fsp3) is 0.0625. The molecule has 0 saturated heterocycles. The zero-order valence-electron chi connectivity index (χ0n) is 11.3. The molecule has 0 bridgehead atoms. The molecule has 1 heterocycles. The largest absolute Gasteiger partial charge is 0.497 e. The third kappa shape index (κ3) is 2.61. The number of hydrogen-bond acceptors (Lipinski definition) is 4. The summed E-state index contributed by atoms with van der Waals surface area (Å²) in [6.45, 7) is 0. The number of halogens is 1. The highest BCUT2D eigenvalue weighted by Gasteiger charge is 2.19. The van der Waals surface area contributed by atoms with Crippen molar-refractivity contribution in [2.24, 2.45) is 0 Å². The van der Waals surface area contributed by atoms with Crippen molar-refractivity contribution >= 4 is 28.5 Å². The van der Waals surface area contributed by atoms with Crippen LogP contribution in [0.3, 0.4) is 0 Å². The molecule has 2 N–H and O–H groups in total. The Labute approximate surface area is 136 Å². The Morgan fingerprint density at radius 1 is 1.14 bits per heavy atom. The molecule has 0 aliphatic heterocycles. The molecule has 0 saturated carbocycles. The third-order valence-corrected chi connectivity index (χ3v) is 4.15. The van der Waals surface area contributed by atoms with Crippen LogP contribution < -0.4 is 10.5 Å². The van der Waals surface area contributed by atoms with Gasteiger partial charge < -0.3 is 15.0 Å². The van der Waals surface area contributed by atoms with Crippen molar-refractivity contribution in [3.8, 4) is 28.1 Å². The first-order valence-electron chi connectivity index (χ1n) is 6.35. The molecule has 0 atom stereocenters. The van der Waals surface area contributed by atoms with Crippen LogP contribution in [0.2, 0.25) is 0 Å². The molecule has 0 unspecified atom stereocenters. The molecule has 106 valence electrons. The van der Waals surface area contributed by atoms with Gasteiger partial charge in [0.05, 0.1) is 12.7 Å². The lowest BCUT2D eigenvalue weighted by atomic mass is 10.0. The van der Waals surface area contributed by atoms with Gasteiger partial charge >= 0.3 is 0 Å². The standard InChI is InChI=1S/C16H13IN2O2/c1-20-11-6-4-5-10(9-11)14-15(19-21-16(14)18)12-7-2-3-8-13(12)17/h2-9H,18H2,1H3. The van der Waals surface area contributed by atoms with E-state index in [1.807, 2.05) is 48.5 Å².